The molecule has 1 heterocycles. The van der Waals surface area contributed by atoms with Gasteiger partial charge in [0.25, 0.3) is 0 Å². The van der Waals surface area contributed by atoms with Gasteiger partial charge in [0.2, 0.25) is 10.0 Å². The van der Waals surface area contributed by atoms with Crippen molar-refractivity contribution in [1.29, 1.82) is 0 Å². The fraction of sp³-hybridized carbons (Fsp3) is 0.769. The molecular formula is C13H23N3O3S. The molecule has 1 aliphatic rings. The minimum absolute atomic E-state index is 0.00657. The van der Waals surface area contributed by atoms with Crippen LogP contribution in [0, 0.1) is 19.3 Å². The van der Waals surface area contributed by atoms with Gasteiger partial charge in [0.05, 0.1) is 11.4 Å². The van der Waals surface area contributed by atoms with Gasteiger partial charge in [-0.1, -0.05) is 13.8 Å². The number of nitrogens with one attached hydrogen (secondary N) is 1. The van der Waals surface area contributed by atoms with Crippen molar-refractivity contribution >= 4 is 10.0 Å². The van der Waals surface area contributed by atoms with Gasteiger partial charge in [-0.25, -0.2) is 13.1 Å². The lowest BCUT2D eigenvalue weighted by atomic mass is 10.2. The fourth-order valence-corrected chi connectivity index (χ4v) is 4.24. The first-order valence-electron chi connectivity index (χ1n) is 6.86. The molecule has 1 saturated carbocycles. The van der Waals surface area contributed by atoms with Crippen LogP contribution < -0.4 is 4.72 Å². The smallest absolute Gasteiger partial charge is 0.244 e. The van der Waals surface area contributed by atoms with Gasteiger partial charge in [-0.15, -0.1) is 0 Å². The molecule has 0 aliphatic heterocycles. The van der Waals surface area contributed by atoms with Crippen LogP contribution in [0.15, 0.2) is 4.90 Å². The zero-order valence-corrected chi connectivity index (χ0v) is 13.3. The number of aliphatic hydroxyl groups is 1. The van der Waals surface area contributed by atoms with Crippen LogP contribution in [0.3, 0.4) is 0 Å². The molecule has 0 aromatic carbocycles. The Kier molecular flexibility index (Phi) is 3.96. The molecule has 1 aromatic rings. The van der Waals surface area contributed by atoms with E-state index >= 15 is 0 Å². The second-order valence-corrected chi connectivity index (χ2v) is 7.82. The third kappa shape index (κ3) is 2.89. The molecule has 2 rings (SSSR count). The normalized spacial score (nSPS) is 21.1. The Balaban J connectivity index is 2.25. The van der Waals surface area contributed by atoms with Crippen LogP contribution >= 0.6 is 0 Å². The fourth-order valence-electron chi connectivity index (χ4n) is 2.42. The maximum absolute atomic E-state index is 12.5. The van der Waals surface area contributed by atoms with Crippen molar-refractivity contribution in [2.75, 3.05) is 6.61 Å². The van der Waals surface area contributed by atoms with E-state index in [0.29, 0.717) is 24.4 Å². The SMILES string of the molecule is Cc1nn(CCCO)c(C)c1S(=O)(=O)NC1CC1(C)C. The Hall–Kier alpha value is -0.920. The summed E-state index contributed by atoms with van der Waals surface area (Å²) in [5.41, 5.74) is 1.18. The van der Waals surface area contributed by atoms with E-state index in [-0.39, 0.29) is 23.0 Å². The van der Waals surface area contributed by atoms with Crippen molar-refractivity contribution in [3.05, 3.63) is 11.4 Å². The van der Waals surface area contributed by atoms with E-state index in [2.05, 4.69) is 9.82 Å². The molecule has 20 heavy (non-hydrogen) atoms. The van der Waals surface area contributed by atoms with Crippen LogP contribution in [0.4, 0.5) is 0 Å². The first-order chi connectivity index (χ1) is 9.19. The van der Waals surface area contributed by atoms with Gasteiger partial charge in [0, 0.05) is 19.2 Å². The maximum Gasteiger partial charge on any atom is 0.244 e. The molecular weight excluding hydrogens is 278 g/mol. The van der Waals surface area contributed by atoms with Crippen LogP contribution in [-0.2, 0) is 16.6 Å². The summed E-state index contributed by atoms with van der Waals surface area (Å²) >= 11 is 0. The van der Waals surface area contributed by atoms with Crippen molar-refractivity contribution in [1.82, 2.24) is 14.5 Å². The highest BCUT2D eigenvalue weighted by molar-refractivity contribution is 7.89. The molecule has 1 unspecified atom stereocenters. The zero-order chi connectivity index (χ0) is 15.1. The Labute approximate surface area is 120 Å². The number of hydrogen-bond donors (Lipinski definition) is 2. The van der Waals surface area contributed by atoms with Gasteiger partial charge >= 0.3 is 0 Å². The lowest BCUT2D eigenvalue weighted by molar-refractivity contribution is 0.276. The predicted octanol–water partition coefficient (Wildman–Crippen LogP) is 0.959. The summed E-state index contributed by atoms with van der Waals surface area (Å²) in [7, 11) is -3.53. The van der Waals surface area contributed by atoms with E-state index in [1.165, 1.54) is 0 Å². The van der Waals surface area contributed by atoms with Crippen molar-refractivity contribution < 1.29 is 13.5 Å². The Morgan fingerprint density at radius 1 is 1.45 bits per heavy atom. The van der Waals surface area contributed by atoms with Gasteiger partial charge in [-0.2, -0.15) is 5.10 Å². The van der Waals surface area contributed by atoms with Crippen LogP contribution in [0.1, 0.15) is 38.1 Å². The average molecular weight is 301 g/mol. The van der Waals surface area contributed by atoms with Crippen molar-refractivity contribution in [2.24, 2.45) is 5.41 Å². The molecule has 114 valence electrons. The third-order valence-electron chi connectivity index (χ3n) is 3.92. The predicted molar refractivity (Wildman–Crippen MR) is 75.9 cm³/mol. The van der Waals surface area contributed by atoms with E-state index in [9.17, 15) is 8.42 Å². The second kappa shape index (κ2) is 5.13. The standard InChI is InChI=1S/C13H23N3O3S/c1-9-12(10(2)16(14-9)6-5-7-17)20(18,19)15-11-8-13(11,3)4/h11,15,17H,5-8H2,1-4H3. The average Bonchev–Trinajstić information content (AvgIpc) is 2.77. The van der Waals surface area contributed by atoms with Gasteiger partial charge in [-0.3, -0.25) is 4.68 Å². The number of aromatic nitrogens is 2. The molecule has 0 bridgehead atoms. The minimum atomic E-state index is -3.53. The highest BCUT2D eigenvalue weighted by atomic mass is 32.2. The summed E-state index contributed by atoms with van der Waals surface area (Å²) in [6.45, 7) is 8.14. The number of aliphatic hydroxyl groups excluding tert-OH is 1. The van der Waals surface area contributed by atoms with E-state index < -0.39 is 10.0 Å². The van der Waals surface area contributed by atoms with Gasteiger partial charge in [0.15, 0.2) is 0 Å². The van der Waals surface area contributed by atoms with Crippen molar-refractivity contribution in [2.45, 2.75) is 58.0 Å². The van der Waals surface area contributed by atoms with Crippen LogP contribution in [-0.4, -0.2) is 36.0 Å². The highest BCUT2D eigenvalue weighted by Crippen LogP contribution is 2.45. The molecule has 1 fully saturated rings. The number of sulfonamides is 1. The first kappa shape index (κ1) is 15.5. The number of nitrogens with zero attached hydrogens (tertiary/aromatic N) is 2. The molecule has 1 aromatic heterocycles. The molecule has 2 N–H and O–H groups in total. The lowest BCUT2D eigenvalue weighted by Gasteiger charge is -2.09. The Morgan fingerprint density at radius 2 is 2.05 bits per heavy atom. The lowest BCUT2D eigenvalue weighted by Crippen LogP contribution is -2.29. The zero-order valence-electron chi connectivity index (χ0n) is 12.5. The van der Waals surface area contributed by atoms with Crippen LogP contribution in [0.25, 0.3) is 0 Å². The summed E-state index contributed by atoms with van der Waals surface area (Å²) in [4.78, 5) is 0.276. The summed E-state index contributed by atoms with van der Waals surface area (Å²) in [5, 5.41) is 13.1. The van der Waals surface area contributed by atoms with E-state index in [4.69, 9.17) is 5.11 Å². The molecule has 0 spiro atoms. The largest absolute Gasteiger partial charge is 0.396 e. The number of aryl methyl sites for hydroxylation is 2. The monoisotopic (exact) mass is 301 g/mol. The molecule has 0 radical (unpaired) electrons. The van der Waals surface area contributed by atoms with Gasteiger partial charge in [-0.05, 0) is 32.1 Å². The summed E-state index contributed by atoms with van der Waals surface area (Å²) in [5.74, 6) is 0. The molecule has 0 saturated heterocycles. The summed E-state index contributed by atoms with van der Waals surface area (Å²) < 4.78 is 29.4. The van der Waals surface area contributed by atoms with Crippen molar-refractivity contribution in [3.63, 3.8) is 0 Å². The Morgan fingerprint density at radius 3 is 2.55 bits per heavy atom. The molecule has 1 atom stereocenters. The molecule has 7 heteroatoms. The van der Waals surface area contributed by atoms with E-state index in [0.717, 1.165) is 6.42 Å². The van der Waals surface area contributed by atoms with E-state index in [1.54, 1.807) is 18.5 Å². The number of rotatable bonds is 6. The quantitative estimate of drug-likeness (QED) is 0.819. The molecule has 6 nitrogen and oxygen atoms in total. The van der Waals surface area contributed by atoms with Gasteiger partial charge < -0.3 is 5.11 Å². The summed E-state index contributed by atoms with van der Waals surface area (Å²) in [6, 6.07) is 0.00657. The minimum Gasteiger partial charge on any atom is -0.396 e. The summed E-state index contributed by atoms with van der Waals surface area (Å²) in [6.07, 6.45) is 1.42. The topological polar surface area (TPSA) is 84.2 Å². The Bertz CT molecular complexity index is 605. The van der Waals surface area contributed by atoms with E-state index in [1.807, 2.05) is 13.8 Å². The van der Waals surface area contributed by atoms with Crippen LogP contribution in [0.5, 0.6) is 0 Å². The molecule has 0 amide bonds. The maximum atomic E-state index is 12.5. The van der Waals surface area contributed by atoms with Crippen LogP contribution in [0.2, 0.25) is 0 Å². The highest BCUT2D eigenvalue weighted by Gasteiger charge is 2.48. The third-order valence-corrected chi connectivity index (χ3v) is 5.65. The number of hydrogen-bond acceptors (Lipinski definition) is 4. The molecule has 1 aliphatic carbocycles. The van der Waals surface area contributed by atoms with Crippen molar-refractivity contribution in [3.8, 4) is 0 Å². The van der Waals surface area contributed by atoms with Gasteiger partial charge in [0.1, 0.15) is 4.90 Å². The first-order valence-corrected chi connectivity index (χ1v) is 8.34. The second-order valence-electron chi connectivity index (χ2n) is 6.17.